The van der Waals surface area contributed by atoms with Crippen LogP contribution in [0.4, 0.5) is 0 Å². The Kier molecular flexibility index (Phi) is 30.7. The molecule has 0 aromatic rings. The van der Waals surface area contributed by atoms with Gasteiger partial charge in [0, 0.05) is 13.1 Å². The molecule has 12 nitrogen and oxygen atoms in total. The molecule has 1 rings (SSSR count). The first-order chi connectivity index (χ1) is 26.2. The van der Waals surface area contributed by atoms with E-state index in [2.05, 4.69) is 45.7 Å². The number of carbonyl (C=O) groups is 5. The standard InChI is InChI=1S/C42H81N7O5/c1-4-6-8-10-12-14-16-18-20-24-30-45-38(50)33-37(40(52)46-31-25-21-19-17-15-13-11-9-7-5-2)49-42(54)36(27-22-23-29-43)48-39(51)34(3)47-41(53)35-28-26-32-44-35/h34-37,44H,4-33,43H2,1-3H3,(H,45,50)(H,46,52)(H,47,53)(H,48,51)(H,49,54)/t34-,35-,36-,37-/m0/s1. The van der Waals surface area contributed by atoms with Crippen LogP contribution in [0.2, 0.25) is 0 Å². The summed E-state index contributed by atoms with van der Waals surface area (Å²) in [6, 6.07) is -3.24. The Bertz CT molecular complexity index is 1010. The van der Waals surface area contributed by atoms with E-state index in [1.807, 2.05) is 0 Å². The summed E-state index contributed by atoms with van der Waals surface area (Å²) in [7, 11) is 0. The first kappa shape index (κ1) is 49.3. The van der Waals surface area contributed by atoms with Gasteiger partial charge in [-0.25, -0.2) is 0 Å². The van der Waals surface area contributed by atoms with E-state index in [0.29, 0.717) is 45.3 Å². The lowest BCUT2D eigenvalue weighted by atomic mass is 10.1. The predicted molar refractivity (Wildman–Crippen MR) is 220 cm³/mol. The lowest BCUT2D eigenvalue weighted by Gasteiger charge is -2.25. The lowest BCUT2D eigenvalue weighted by Crippen LogP contribution is -2.57. The van der Waals surface area contributed by atoms with Crippen LogP contribution in [0.25, 0.3) is 0 Å². The van der Waals surface area contributed by atoms with Crippen molar-refractivity contribution in [2.75, 3.05) is 26.2 Å². The predicted octanol–water partition coefficient (Wildman–Crippen LogP) is 5.81. The second-order valence-electron chi connectivity index (χ2n) is 15.5. The van der Waals surface area contributed by atoms with Crippen LogP contribution < -0.4 is 37.6 Å². The number of carbonyl (C=O) groups excluding carboxylic acids is 5. The third kappa shape index (κ3) is 25.4. The zero-order chi connectivity index (χ0) is 39.7. The third-order valence-corrected chi connectivity index (χ3v) is 10.4. The maximum atomic E-state index is 13.7. The molecule has 4 atom stereocenters. The van der Waals surface area contributed by atoms with Crippen molar-refractivity contribution in [1.29, 1.82) is 0 Å². The summed E-state index contributed by atoms with van der Waals surface area (Å²) in [5.41, 5.74) is 5.71. The summed E-state index contributed by atoms with van der Waals surface area (Å²) in [6.45, 7) is 8.22. The summed E-state index contributed by atoms with van der Waals surface area (Å²) < 4.78 is 0. The molecule has 0 radical (unpaired) electrons. The van der Waals surface area contributed by atoms with E-state index in [1.54, 1.807) is 6.92 Å². The van der Waals surface area contributed by atoms with Crippen molar-refractivity contribution in [1.82, 2.24) is 31.9 Å². The summed E-state index contributed by atoms with van der Waals surface area (Å²) in [4.78, 5) is 65.9. The van der Waals surface area contributed by atoms with Crippen molar-refractivity contribution in [3.63, 3.8) is 0 Å². The van der Waals surface area contributed by atoms with Gasteiger partial charge >= 0.3 is 0 Å². The summed E-state index contributed by atoms with van der Waals surface area (Å²) in [5.74, 6) is -2.00. The number of amides is 5. The van der Waals surface area contributed by atoms with E-state index in [4.69, 9.17) is 5.73 Å². The Labute approximate surface area is 328 Å². The summed E-state index contributed by atoms with van der Waals surface area (Å²) >= 11 is 0. The van der Waals surface area contributed by atoms with Crippen LogP contribution in [-0.2, 0) is 24.0 Å². The van der Waals surface area contributed by atoms with Crippen LogP contribution in [0.15, 0.2) is 0 Å². The third-order valence-electron chi connectivity index (χ3n) is 10.4. The first-order valence-corrected chi connectivity index (χ1v) is 22.1. The number of hydrogen-bond acceptors (Lipinski definition) is 7. The molecule has 0 saturated carbocycles. The van der Waals surface area contributed by atoms with Gasteiger partial charge in [0.25, 0.3) is 0 Å². The van der Waals surface area contributed by atoms with E-state index in [1.165, 1.54) is 89.9 Å². The molecular formula is C42H81N7O5. The highest BCUT2D eigenvalue weighted by Gasteiger charge is 2.30. The van der Waals surface area contributed by atoms with Gasteiger partial charge in [-0.3, -0.25) is 24.0 Å². The molecule has 1 aliphatic rings. The van der Waals surface area contributed by atoms with Crippen LogP contribution in [-0.4, -0.2) is 79.9 Å². The van der Waals surface area contributed by atoms with Crippen molar-refractivity contribution in [3.05, 3.63) is 0 Å². The van der Waals surface area contributed by atoms with Crippen LogP contribution >= 0.6 is 0 Å². The van der Waals surface area contributed by atoms with Gasteiger partial charge in [-0.2, -0.15) is 0 Å². The van der Waals surface area contributed by atoms with E-state index in [-0.39, 0.29) is 24.3 Å². The number of unbranched alkanes of at least 4 members (excludes halogenated alkanes) is 19. The molecule has 0 unspecified atom stereocenters. The SMILES string of the molecule is CCCCCCCCCCCCNC(=O)C[C@H](NC(=O)[C@H](CCCCN)NC(=O)[C@H](C)NC(=O)[C@@H]1CCCN1)C(=O)NCCCCCCCCCCCC. The average Bonchev–Trinajstić information content (AvgIpc) is 3.71. The second kappa shape index (κ2) is 33.6. The van der Waals surface area contributed by atoms with Gasteiger partial charge in [0.2, 0.25) is 29.5 Å². The first-order valence-electron chi connectivity index (χ1n) is 22.1. The molecule has 12 heteroatoms. The maximum Gasteiger partial charge on any atom is 0.243 e. The van der Waals surface area contributed by atoms with Crippen molar-refractivity contribution in [3.8, 4) is 0 Å². The van der Waals surface area contributed by atoms with Crippen LogP contribution in [0.1, 0.15) is 188 Å². The molecule has 0 aromatic carbocycles. The fourth-order valence-electron chi connectivity index (χ4n) is 6.87. The highest BCUT2D eigenvalue weighted by atomic mass is 16.2. The lowest BCUT2D eigenvalue weighted by molar-refractivity contribution is -0.135. The van der Waals surface area contributed by atoms with Crippen molar-refractivity contribution < 1.29 is 24.0 Å². The minimum atomic E-state index is -1.09. The average molecular weight is 764 g/mol. The molecule has 1 fully saturated rings. The number of nitrogens with one attached hydrogen (secondary N) is 6. The molecule has 0 aromatic heterocycles. The Hall–Kier alpha value is -2.73. The fourth-order valence-corrected chi connectivity index (χ4v) is 6.87. The molecule has 314 valence electrons. The van der Waals surface area contributed by atoms with Crippen molar-refractivity contribution in [2.45, 2.75) is 212 Å². The van der Waals surface area contributed by atoms with Gasteiger partial charge < -0.3 is 37.6 Å². The molecule has 5 amide bonds. The van der Waals surface area contributed by atoms with E-state index in [9.17, 15) is 24.0 Å². The molecule has 0 bridgehead atoms. The second-order valence-corrected chi connectivity index (χ2v) is 15.5. The number of rotatable bonds is 35. The molecule has 1 heterocycles. The van der Waals surface area contributed by atoms with Gasteiger partial charge in [0.1, 0.15) is 18.1 Å². The zero-order valence-electron chi connectivity index (χ0n) is 34.6. The van der Waals surface area contributed by atoms with Gasteiger partial charge in [-0.15, -0.1) is 0 Å². The van der Waals surface area contributed by atoms with Crippen molar-refractivity contribution >= 4 is 29.5 Å². The minimum Gasteiger partial charge on any atom is -0.356 e. The van der Waals surface area contributed by atoms with Crippen LogP contribution in [0.5, 0.6) is 0 Å². The summed E-state index contributed by atoms with van der Waals surface area (Å²) in [6.07, 6.45) is 26.8. The normalized spacial score (nSPS) is 15.6. The van der Waals surface area contributed by atoms with Crippen LogP contribution in [0, 0.1) is 0 Å². The van der Waals surface area contributed by atoms with Gasteiger partial charge in [0.15, 0.2) is 0 Å². The Morgan fingerprint density at radius 2 is 1.09 bits per heavy atom. The minimum absolute atomic E-state index is 0.197. The topological polar surface area (TPSA) is 184 Å². The summed E-state index contributed by atoms with van der Waals surface area (Å²) in [5, 5.41) is 17.3. The van der Waals surface area contributed by atoms with E-state index in [0.717, 1.165) is 51.5 Å². The number of nitrogens with two attached hydrogens (primary N) is 1. The molecular weight excluding hydrogens is 683 g/mol. The fraction of sp³-hybridized carbons (Fsp3) is 0.881. The molecule has 1 saturated heterocycles. The van der Waals surface area contributed by atoms with Crippen molar-refractivity contribution in [2.24, 2.45) is 5.73 Å². The van der Waals surface area contributed by atoms with Gasteiger partial charge in [-0.1, -0.05) is 129 Å². The smallest absolute Gasteiger partial charge is 0.243 e. The largest absolute Gasteiger partial charge is 0.356 e. The van der Waals surface area contributed by atoms with Crippen LogP contribution in [0.3, 0.4) is 0 Å². The Morgan fingerprint density at radius 1 is 0.593 bits per heavy atom. The van der Waals surface area contributed by atoms with Gasteiger partial charge in [-0.05, 0) is 65.0 Å². The highest BCUT2D eigenvalue weighted by Crippen LogP contribution is 2.12. The zero-order valence-corrected chi connectivity index (χ0v) is 34.6. The van der Waals surface area contributed by atoms with E-state index < -0.39 is 35.8 Å². The molecule has 54 heavy (non-hydrogen) atoms. The molecule has 8 N–H and O–H groups in total. The van der Waals surface area contributed by atoms with Gasteiger partial charge in [0.05, 0.1) is 12.5 Å². The molecule has 0 spiro atoms. The van der Waals surface area contributed by atoms with E-state index >= 15 is 0 Å². The monoisotopic (exact) mass is 764 g/mol. The number of hydrogen-bond donors (Lipinski definition) is 7. The Balaban J connectivity index is 2.72. The quantitative estimate of drug-likeness (QED) is 0.0398. The highest BCUT2D eigenvalue weighted by molar-refractivity contribution is 5.96. The Morgan fingerprint density at radius 3 is 1.59 bits per heavy atom. The molecule has 1 aliphatic heterocycles. The maximum absolute atomic E-state index is 13.7. The molecule has 0 aliphatic carbocycles.